The van der Waals surface area contributed by atoms with Gasteiger partial charge >= 0.3 is 6.09 Å². The van der Waals surface area contributed by atoms with Crippen molar-refractivity contribution in [2.24, 2.45) is 5.73 Å². The third-order valence-corrected chi connectivity index (χ3v) is 1.62. The maximum atomic E-state index is 11.6. The average molecular weight is 241 g/mol. The molecule has 1 amide bonds. The second-order valence-electron chi connectivity index (χ2n) is 4.35. The molecule has 0 saturated heterocycles. The van der Waals surface area contributed by atoms with Gasteiger partial charge in [-0.1, -0.05) is 5.21 Å². The van der Waals surface area contributed by atoms with Gasteiger partial charge in [0.2, 0.25) is 5.78 Å². The van der Waals surface area contributed by atoms with Crippen molar-refractivity contribution < 1.29 is 14.3 Å². The molecule has 0 saturated carbocycles. The summed E-state index contributed by atoms with van der Waals surface area (Å²) in [7, 11) is 0. The maximum absolute atomic E-state index is 11.6. The van der Waals surface area contributed by atoms with E-state index in [0.717, 1.165) is 0 Å². The van der Waals surface area contributed by atoms with Crippen LogP contribution in [0.25, 0.3) is 0 Å². The van der Waals surface area contributed by atoms with Gasteiger partial charge in [0.1, 0.15) is 11.8 Å². The molecule has 17 heavy (non-hydrogen) atoms. The molecule has 0 bridgehead atoms. The number of carbonyl (C=O) groups is 2. The molecule has 4 N–H and O–H groups in total. The van der Waals surface area contributed by atoms with E-state index >= 15 is 0 Å². The van der Waals surface area contributed by atoms with E-state index in [1.165, 1.54) is 6.20 Å². The Morgan fingerprint density at radius 2 is 2.18 bits per heavy atom. The molecule has 0 fully saturated rings. The first-order valence-corrected chi connectivity index (χ1v) is 4.95. The first-order chi connectivity index (χ1) is 7.79. The Balaban J connectivity index is 2.52. The van der Waals surface area contributed by atoms with Crippen molar-refractivity contribution in [3.8, 4) is 0 Å². The van der Waals surface area contributed by atoms with Crippen molar-refractivity contribution in [2.75, 3.05) is 0 Å². The summed E-state index contributed by atoms with van der Waals surface area (Å²) in [6.45, 7) is 5.12. The van der Waals surface area contributed by atoms with Crippen LogP contribution in [0, 0.1) is 0 Å². The van der Waals surface area contributed by atoms with Crippen LogP contribution < -0.4 is 11.1 Å². The van der Waals surface area contributed by atoms with Crippen LogP contribution in [0.3, 0.4) is 0 Å². The summed E-state index contributed by atoms with van der Waals surface area (Å²) in [5, 5.41) is 11.4. The number of carbonyl (C=O) groups excluding carboxylic acids is 2. The Hall–Kier alpha value is -1.96. The molecule has 1 heterocycles. The van der Waals surface area contributed by atoms with Gasteiger partial charge in [0, 0.05) is 0 Å². The Morgan fingerprint density at radius 1 is 1.53 bits per heavy atom. The molecule has 0 aliphatic heterocycles. The molecule has 0 unspecified atom stereocenters. The number of nitrogens with zero attached hydrogens (tertiary/aromatic N) is 2. The molecule has 1 aromatic rings. The summed E-state index contributed by atoms with van der Waals surface area (Å²) in [5.41, 5.74) is 4.88. The van der Waals surface area contributed by atoms with E-state index in [2.05, 4.69) is 20.7 Å². The number of hydrogen-bond acceptors (Lipinski definition) is 6. The van der Waals surface area contributed by atoms with Crippen LogP contribution >= 0.6 is 0 Å². The van der Waals surface area contributed by atoms with E-state index in [0.29, 0.717) is 0 Å². The monoisotopic (exact) mass is 241 g/mol. The average Bonchev–Trinajstić information content (AvgIpc) is 2.65. The summed E-state index contributed by atoms with van der Waals surface area (Å²) in [6, 6.07) is 0. The molecule has 0 spiro atoms. The second kappa shape index (κ2) is 4.91. The topological polar surface area (TPSA) is 123 Å². The summed E-state index contributed by atoms with van der Waals surface area (Å²) < 4.78 is 4.95. The molecule has 94 valence electrons. The lowest BCUT2D eigenvalue weighted by atomic mass is 10.2. The molecule has 8 nitrogen and oxygen atoms in total. The zero-order valence-corrected chi connectivity index (χ0v) is 9.85. The van der Waals surface area contributed by atoms with Crippen LogP contribution in [0.5, 0.6) is 0 Å². The van der Waals surface area contributed by atoms with E-state index in [9.17, 15) is 9.59 Å². The highest BCUT2D eigenvalue weighted by Gasteiger charge is 2.23. The summed E-state index contributed by atoms with van der Waals surface area (Å²) in [4.78, 5) is 22.9. The Bertz CT molecular complexity index is 395. The third kappa shape index (κ3) is 4.19. The lowest BCUT2D eigenvalue weighted by molar-refractivity contribution is 0.0493. The molecule has 1 rings (SSSR count). The van der Waals surface area contributed by atoms with Crippen LogP contribution in [-0.4, -0.2) is 39.1 Å². The highest BCUT2D eigenvalue weighted by molar-refractivity contribution is 5.99. The van der Waals surface area contributed by atoms with Gasteiger partial charge in [-0.2, -0.15) is 0 Å². The predicted molar refractivity (Wildman–Crippen MR) is 58.1 cm³/mol. The van der Waals surface area contributed by atoms with Gasteiger partial charge in [0.15, 0.2) is 5.69 Å². The molecule has 1 atom stereocenters. The molecule has 0 aromatic carbocycles. The van der Waals surface area contributed by atoms with Gasteiger partial charge in [-0.05, 0) is 20.8 Å². The lowest BCUT2D eigenvalue weighted by Crippen LogP contribution is -2.49. The maximum Gasteiger partial charge on any atom is 0.409 e. The minimum absolute atomic E-state index is 0.0496. The van der Waals surface area contributed by atoms with Gasteiger partial charge < -0.3 is 10.5 Å². The molecule has 0 radical (unpaired) electrons. The largest absolute Gasteiger partial charge is 0.444 e. The fourth-order valence-corrected chi connectivity index (χ4v) is 0.981. The highest BCUT2D eigenvalue weighted by atomic mass is 16.6. The Morgan fingerprint density at radius 3 is 2.65 bits per heavy atom. The number of ketones is 1. The van der Waals surface area contributed by atoms with Crippen molar-refractivity contribution in [2.45, 2.75) is 32.5 Å². The highest BCUT2D eigenvalue weighted by Crippen LogP contribution is 2.06. The van der Waals surface area contributed by atoms with Crippen molar-refractivity contribution in [3.05, 3.63) is 11.9 Å². The zero-order valence-electron chi connectivity index (χ0n) is 9.85. The van der Waals surface area contributed by atoms with Crippen LogP contribution in [0.4, 0.5) is 4.79 Å². The van der Waals surface area contributed by atoms with Crippen LogP contribution in [0.2, 0.25) is 0 Å². The van der Waals surface area contributed by atoms with Gasteiger partial charge in [0.05, 0.1) is 6.20 Å². The van der Waals surface area contributed by atoms with Crippen molar-refractivity contribution in [3.63, 3.8) is 0 Å². The lowest BCUT2D eigenvalue weighted by Gasteiger charge is -2.21. The van der Waals surface area contributed by atoms with E-state index in [4.69, 9.17) is 10.5 Å². The fourth-order valence-electron chi connectivity index (χ4n) is 0.981. The van der Waals surface area contributed by atoms with E-state index in [1.54, 1.807) is 20.8 Å². The van der Waals surface area contributed by atoms with Gasteiger partial charge in [-0.3, -0.25) is 15.2 Å². The smallest absolute Gasteiger partial charge is 0.409 e. The molecule has 0 aliphatic rings. The van der Waals surface area contributed by atoms with E-state index in [1.807, 2.05) is 0 Å². The van der Waals surface area contributed by atoms with Crippen molar-refractivity contribution in [1.82, 2.24) is 20.7 Å². The number of Topliss-reactive ketones (excluding diaryl/α,β-unsaturated/α-hetero) is 1. The van der Waals surface area contributed by atoms with Crippen LogP contribution in [0.1, 0.15) is 31.3 Å². The number of amides is 1. The Labute approximate surface area is 97.9 Å². The van der Waals surface area contributed by atoms with Gasteiger partial charge in [-0.15, -0.1) is 5.10 Å². The molecular formula is C9H15N5O3. The van der Waals surface area contributed by atoms with E-state index in [-0.39, 0.29) is 5.69 Å². The number of aromatic amines is 1. The number of H-pyrrole nitrogens is 1. The van der Waals surface area contributed by atoms with E-state index < -0.39 is 23.6 Å². The van der Waals surface area contributed by atoms with Crippen molar-refractivity contribution >= 4 is 11.9 Å². The number of aromatic nitrogens is 3. The zero-order chi connectivity index (χ0) is 13.1. The summed E-state index contributed by atoms with van der Waals surface area (Å²) in [6.07, 6.45) is -0.685. The minimum atomic E-state index is -1.21. The first-order valence-electron chi connectivity index (χ1n) is 4.95. The fraction of sp³-hybridized carbons (Fsp3) is 0.556. The van der Waals surface area contributed by atoms with Gasteiger partial charge in [-0.25, -0.2) is 4.79 Å². The van der Waals surface area contributed by atoms with Crippen molar-refractivity contribution in [1.29, 1.82) is 0 Å². The predicted octanol–water partition coefficient (Wildman–Crippen LogP) is -0.203. The number of nitrogens with two attached hydrogens (primary N) is 1. The SMILES string of the molecule is CC(C)(C)OC(=O)N[C@@H](N)C(=O)c1c[nH]nn1. The summed E-state index contributed by atoms with van der Waals surface area (Å²) >= 11 is 0. The second-order valence-corrected chi connectivity index (χ2v) is 4.35. The Kier molecular flexibility index (Phi) is 3.79. The molecule has 0 aliphatic carbocycles. The van der Waals surface area contributed by atoms with Crippen LogP contribution in [0.15, 0.2) is 6.20 Å². The normalized spacial score (nSPS) is 12.9. The number of alkyl carbamates (subject to hydrolysis) is 1. The molecular weight excluding hydrogens is 226 g/mol. The summed E-state index contributed by atoms with van der Waals surface area (Å²) in [5.74, 6) is -0.551. The quantitative estimate of drug-likeness (QED) is 0.497. The minimum Gasteiger partial charge on any atom is -0.444 e. The number of nitrogens with one attached hydrogen (secondary N) is 2. The standard InChI is InChI=1S/C9H15N5O3/c1-9(2,3)17-8(16)12-7(10)6(15)5-4-11-14-13-5/h4,7H,10H2,1-3H3,(H,12,16)(H,11,13,14)/t7-/m1/s1. The molecule has 8 heteroatoms. The molecule has 1 aromatic heterocycles. The number of rotatable bonds is 3. The first kappa shape index (κ1) is 13.1. The third-order valence-electron chi connectivity index (χ3n) is 1.62. The number of ether oxygens (including phenoxy) is 1. The number of hydrogen-bond donors (Lipinski definition) is 3. The van der Waals surface area contributed by atoms with Crippen LogP contribution in [-0.2, 0) is 4.74 Å². The van der Waals surface area contributed by atoms with Gasteiger partial charge in [0.25, 0.3) is 0 Å².